The van der Waals surface area contributed by atoms with Gasteiger partial charge in [0.05, 0.1) is 25.0 Å². The van der Waals surface area contributed by atoms with Gasteiger partial charge in [-0.1, -0.05) is 59.3 Å². The van der Waals surface area contributed by atoms with Gasteiger partial charge in [0.2, 0.25) is 0 Å². The fourth-order valence-electron chi connectivity index (χ4n) is 4.50. The molecule has 0 radical (unpaired) electrons. The summed E-state index contributed by atoms with van der Waals surface area (Å²) < 4.78 is 20.6. The molecular formula is C25H46O6. The number of ether oxygens (including phenoxy) is 4. The Hall–Kier alpha value is -1.14. The van der Waals surface area contributed by atoms with Crippen molar-refractivity contribution in [2.24, 2.45) is 29.6 Å². The highest BCUT2D eigenvalue weighted by molar-refractivity contribution is 5.82. The van der Waals surface area contributed by atoms with Gasteiger partial charge in [0, 0.05) is 14.2 Å². The lowest BCUT2D eigenvalue weighted by molar-refractivity contribution is -0.165. The van der Waals surface area contributed by atoms with Gasteiger partial charge in [-0.15, -0.1) is 0 Å². The molecule has 0 bridgehead atoms. The highest BCUT2D eigenvalue weighted by Gasteiger charge is 2.41. The number of hydrogen-bond donors (Lipinski definition) is 0. The molecule has 1 rings (SSSR count). The lowest BCUT2D eigenvalue weighted by atomic mass is 9.72. The minimum absolute atomic E-state index is 0.218. The molecule has 1 fully saturated rings. The van der Waals surface area contributed by atoms with E-state index in [9.17, 15) is 9.59 Å². The molecule has 0 saturated heterocycles. The summed E-state index contributed by atoms with van der Waals surface area (Å²) in [6.45, 7) is 8.07. The summed E-state index contributed by atoms with van der Waals surface area (Å²) >= 11 is 0. The van der Waals surface area contributed by atoms with Crippen LogP contribution in [0.15, 0.2) is 0 Å². The van der Waals surface area contributed by atoms with E-state index in [2.05, 4.69) is 20.8 Å². The van der Waals surface area contributed by atoms with Crippen molar-refractivity contribution in [3.63, 3.8) is 0 Å². The molecular weight excluding hydrogens is 396 g/mol. The highest BCUT2D eigenvalue weighted by Crippen LogP contribution is 2.38. The maximum absolute atomic E-state index is 12.7. The molecule has 1 saturated carbocycles. The van der Waals surface area contributed by atoms with Gasteiger partial charge in [-0.05, 0) is 37.0 Å². The topological polar surface area (TPSA) is 71.1 Å². The molecule has 0 aromatic heterocycles. The Balaban J connectivity index is 2.52. The van der Waals surface area contributed by atoms with Crippen LogP contribution in [0.5, 0.6) is 0 Å². The van der Waals surface area contributed by atoms with Gasteiger partial charge in [0.25, 0.3) is 0 Å². The molecule has 0 spiro atoms. The largest absolute Gasteiger partial charge is 0.463 e. The van der Waals surface area contributed by atoms with Crippen LogP contribution in [0, 0.1) is 29.6 Å². The van der Waals surface area contributed by atoms with Crippen molar-refractivity contribution in [1.29, 1.82) is 0 Å². The van der Waals surface area contributed by atoms with Gasteiger partial charge in [0.15, 0.2) is 0 Å². The Morgan fingerprint density at radius 2 is 1.35 bits per heavy atom. The average Bonchev–Trinajstić information content (AvgIpc) is 2.73. The first-order valence-electron chi connectivity index (χ1n) is 12.2. The molecule has 0 amide bonds. The van der Waals surface area contributed by atoms with Crippen molar-refractivity contribution in [2.45, 2.75) is 78.6 Å². The third-order valence-corrected chi connectivity index (χ3v) is 6.42. The SMILES string of the molecule is COCCOC(=O)C1CCC(CCCC(C)CCCC(C)C)CC1C(=O)OCCOC. The summed E-state index contributed by atoms with van der Waals surface area (Å²) in [7, 11) is 3.14. The second-order valence-electron chi connectivity index (χ2n) is 9.57. The summed E-state index contributed by atoms with van der Waals surface area (Å²) in [6, 6.07) is 0. The van der Waals surface area contributed by atoms with Gasteiger partial charge in [-0.25, -0.2) is 0 Å². The number of esters is 2. The van der Waals surface area contributed by atoms with E-state index in [4.69, 9.17) is 18.9 Å². The smallest absolute Gasteiger partial charge is 0.309 e. The predicted octanol–water partition coefficient (Wildman–Crippen LogP) is 5.03. The van der Waals surface area contributed by atoms with Crippen LogP contribution in [0.3, 0.4) is 0 Å². The van der Waals surface area contributed by atoms with E-state index in [-0.39, 0.29) is 25.2 Å². The standard InChI is InChI=1S/C25H46O6/c1-19(2)8-6-9-20(3)10-7-11-21-12-13-22(24(26)30-16-14-28-4)23(18-21)25(27)31-17-15-29-5/h19-23H,6-18H2,1-5H3. The quantitative estimate of drug-likeness (QED) is 0.247. The fraction of sp³-hybridized carbons (Fsp3) is 0.920. The third-order valence-electron chi connectivity index (χ3n) is 6.42. The molecule has 0 aromatic rings. The van der Waals surface area contributed by atoms with Gasteiger partial charge >= 0.3 is 11.9 Å². The minimum atomic E-state index is -0.422. The molecule has 0 aromatic carbocycles. The Morgan fingerprint density at radius 3 is 1.94 bits per heavy atom. The van der Waals surface area contributed by atoms with Gasteiger partial charge in [-0.2, -0.15) is 0 Å². The van der Waals surface area contributed by atoms with Crippen LogP contribution in [-0.2, 0) is 28.5 Å². The summed E-state index contributed by atoms with van der Waals surface area (Å²) in [5.41, 5.74) is 0. The lowest BCUT2D eigenvalue weighted by Crippen LogP contribution is -2.38. The van der Waals surface area contributed by atoms with Gasteiger partial charge < -0.3 is 18.9 Å². The van der Waals surface area contributed by atoms with Crippen LogP contribution in [0.25, 0.3) is 0 Å². The molecule has 0 aliphatic heterocycles. The van der Waals surface area contributed by atoms with E-state index in [1.54, 1.807) is 14.2 Å². The number of hydrogen-bond acceptors (Lipinski definition) is 6. The molecule has 31 heavy (non-hydrogen) atoms. The van der Waals surface area contributed by atoms with Crippen molar-refractivity contribution >= 4 is 11.9 Å². The van der Waals surface area contributed by atoms with Crippen LogP contribution in [0.4, 0.5) is 0 Å². The molecule has 1 aliphatic rings. The molecule has 4 unspecified atom stereocenters. The maximum Gasteiger partial charge on any atom is 0.309 e. The molecule has 182 valence electrons. The molecule has 0 heterocycles. The van der Waals surface area contributed by atoms with E-state index < -0.39 is 11.8 Å². The minimum Gasteiger partial charge on any atom is -0.463 e. The summed E-state index contributed by atoms with van der Waals surface area (Å²) in [6.07, 6.45) is 9.80. The first-order valence-corrected chi connectivity index (χ1v) is 12.2. The molecule has 0 N–H and O–H groups in total. The summed E-state index contributed by atoms with van der Waals surface area (Å²) in [5, 5.41) is 0. The molecule has 6 heteroatoms. The normalized spacial score (nSPS) is 22.3. The fourth-order valence-corrected chi connectivity index (χ4v) is 4.50. The van der Waals surface area contributed by atoms with E-state index in [0.717, 1.165) is 24.7 Å². The Labute approximate surface area is 189 Å². The monoisotopic (exact) mass is 442 g/mol. The van der Waals surface area contributed by atoms with Crippen LogP contribution >= 0.6 is 0 Å². The zero-order valence-corrected chi connectivity index (χ0v) is 20.5. The molecule has 1 aliphatic carbocycles. The predicted molar refractivity (Wildman–Crippen MR) is 122 cm³/mol. The van der Waals surface area contributed by atoms with E-state index >= 15 is 0 Å². The van der Waals surface area contributed by atoms with Crippen LogP contribution in [0.1, 0.15) is 78.6 Å². The second kappa shape index (κ2) is 16.5. The third kappa shape index (κ3) is 11.9. The number of rotatable bonds is 16. The maximum atomic E-state index is 12.7. The average molecular weight is 443 g/mol. The van der Waals surface area contributed by atoms with Crippen molar-refractivity contribution < 1.29 is 28.5 Å². The Morgan fingerprint density at radius 1 is 0.774 bits per heavy atom. The molecule has 4 atom stereocenters. The summed E-state index contributed by atoms with van der Waals surface area (Å²) in [4.78, 5) is 25.3. The van der Waals surface area contributed by atoms with Crippen LogP contribution in [-0.4, -0.2) is 52.6 Å². The van der Waals surface area contributed by atoms with Gasteiger partial charge in [-0.3, -0.25) is 9.59 Å². The zero-order chi connectivity index (χ0) is 23.1. The number of methoxy groups -OCH3 is 2. The number of carbonyl (C=O) groups is 2. The first-order chi connectivity index (χ1) is 14.9. The highest BCUT2D eigenvalue weighted by atomic mass is 16.6. The van der Waals surface area contributed by atoms with E-state index in [0.29, 0.717) is 32.0 Å². The Bertz CT molecular complexity index is 492. The van der Waals surface area contributed by atoms with Crippen molar-refractivity contribution in [1.82, 2.24) is 0 Å². The Kier molecular flexibility index (Phi) is 14.8. The van der Waals surface area contributed by atoms with Crippen LogP contribution in [0.2, 0.25) is 0 Å². The van der Waals surface area contributed by atoms with Crippen molar-refractivity contribution in [3.05, 3.63) is 0 Å². The first kappa shape index (κ1) is 27.9. The lowest BCUT2D eigenvalue weighted by Gasteiger charge is -2.33. The van der Waals surface area contributed by atoms with Crippen molar-refractivity contribution in [3.8, 4) is 0 Å². The van der Waals surface area contributed by atoms with Crippen LogP contribution < -0.4 is 0 Å². The van der Waals surface area contributed by atoms with E-state index in [1.807, 2.05) is 0 Å². The van der Waals surface area contributed by atoms with E-state index in [1.165, 1.54) is 32.1 Å². The summed E-state index contributed by atoms with van der Waals surface area (Å²) in [5.74, 6) is 0.559. The molecule has 6 nitrogen and oxygen atoms in total. The van der Waals surface area contributed by atoms with Crippen molar-refractivity contribution in [2.75, 3.05) is 40.6 Å². The number of carbonyl (C=O) groups excluding carboxylic acids is 2. The second-order valence-corrected chi connectivity index (χ2v) is 9.57. The zero-order valence-electron chi connectivity index (χ0n) is 20.5. The van der Waals surface area contributed by atoms with Gasteiger partial charge in [0.1, 0.15) is 13.2 Å².